The topological polar surface area (TPSA) is 69.0 Å². The summed E-state index contributed by atoms with van der Waals surface area (Å²) in [6.45, 7) is 8.01. The molecular weight excluding hydrogens is 334 g/mol. The van der Waals surface area contributed by atoms with Crippen LogP contribution in [0.3, 0.4) is 0 Å². The van der Waals surface area contributed by atoms with Gasteiger partial charge in [-0.15, -0.1) is 0 Å². The van der Waals surface area contributed by atoms with Crippen molar-refractivity contribution in [3.63, 3.8) is 0 Å². The molecule has 2 rings (SSSR count). The largest absolute Gasteiger partial charge is 0.465 e. The second-order valence-corrected chi connectivity index (χ2v) is 6.37. The van der Waals surface area contributed by atoms with Crippen LogP contribution in [0.25, 0.3) is 0 Å². The first-order valence-corrected chi connectivity index (χ1v) is 8.61. The molecule has 0 bridgehead atoms. The van der Waals surface area contributed by atoms with E-state index in [1.807, 2.05) is 19.1 Å². The summed E-state index contributed by atoms with van der Waals surface area (Å²) in [5, 5.41) is 0. The Morgan fingerprint density at radius 3 is 2.58 bits per heavy atom. The summed E-state index contributed by atoms with van der Waals surface area (Å²) in [7, 11) is 1.51. The third kappa shape index (κ3) is 4.88. The van der Waals surface area contributed by atoms with Crippen LogP contribution in [0.1, 0.15) is 48.4 Å². The molecule has 0 fully saturated rings. The molecular formula is C20H25NO5. The lowest BCUT2D eigenvalue weighted by molar-refractivity contribution is -0.143. The number of likely N-dealkylation sites (N-methyl/N-ethyl adjacent to an activating group) is 1. The van der Waals surface area contributed by atoms with Gasteiger partial charge in [0.1, 0.15) is 12.3 Å². The van der Waals surface area contributed by atoms with E-state index in [0.717, 1.165) is 11.1 Å². The highest BCUT2D eigenvalue weighted by molar-refractivity contribution is 5.93. The van der Waals surface area contributed by atoms with E-state index < -0.39 is 11.9 Å². The molecule has 0 aliphatic heterocycles. The number of nitrogens with zero attached hydrogens (tertiary/aromatic N) is 1. The van der Waals surface area contributed by atoms with E-state index in [1.54, 1.807) is 13.0 Å². The number of rotatable bonds is 7. The van der Waals surface area contributed by atoms with Gasteiger partial charge in [-0.25, -0.2) is 0 Å². The van der Waals surface area contributed by atoms with Gasteiger partial charge in [-0.05, 0) is 43.0 Å². The van der Waals surface area contributed by atoms with E-state index >= 15 is 0 Å². The number of carbonyl (C=O) groups excluding carboxylic acids is 2. The minimum absolute atomic E-state index is 0.101. The Morgan fingerprint density at radius 2 is 1.92 bits per heavy atom. The normalized spacial score (nSPS) is 10.7. The molecule has 0 N–H and O–H groups in total. The SMILES string of the molecule is CCOC(=O)CN(C)C(=O)c1ccc(Oc2cc(C(C)C)ccc2C)o1. The quantitative estimate of drug-likeness (QED) is 0.695. The standard InChI is InChI=1S/C20H25NO5/c1-6-24-18(22)12-21(5)20(23)16-9-10-19(25-16)26-17-11-15(13(2)3)8-7-14(17)4/h7-11,13H,6,12H2,1-5H3. The van der Waals surface area contributed by atoms with Gasteiger partial charge < -0.3 is 18.8 Å². The third-order valence-electron chi connectivity index (χ3n) is 3.90. The molecule has 1 amide bonds. The number of carbonyl (C=O) groups is 2. The summed E-state index contributed by atoms with van der Waals surface area (Å²) in [4.78, 5) is 25.1. The van der Waals surface area contributed by atoms with Crippen LogP contribution in [-0.4, -0.2) is 37.0 Å². The summed E-state index contributed by atoms with van der Waals surface area (Å²) >= 11 is 0. The Balaban J connectivity index is 2.09. The minimum Gasteiger partial charge on any atom is -0.465 e. The molecule has 140 valence electrons. The van der Waals surface area contributed by atoms with E-state index in [0.29, 0.717) is 11.7 Å². The van der Waals surface area contributed by atoms with Crippen molar-refractivity contribution in [2.45, 2.75) is 33.6 Å². The molecule has 2 aromatic rings. The fourth-order valence-corrected chi connectivity index (χ4v) is 2.34. The fourth-order valence-electron chi connectivity index (χ4n) is 2.34. The van der Waals surface area contributed by atoms with E-state index in [9.17, 15) is 9.59 Å². The molecule has 0 aliphatic rings. The van der Waals surface area contributed by atoms with Crippen LogP contribution in [0.5, 0.6) is 11.7 Å². The Bertz CT molecular complexity index is 778. The maximum atomic E-state index is 12.3. The van der Waals surface area contributed by atoms with E-state index in [1.165, 1.54) is 18.0 Å². The molecule has 0 saturated carbocycles. The van der Waals surface area contributed by atoms with Crippen LogP contribution >= 0.6 is 0 Å². The van der Waals surface area contributed by atoms with Crippen molar-refractivity contribution in [2.24, 2.45) is 0 Å². The number of esters is 1. The molecule has 0 radical (unpaired) electrons. The molecule has 6 nitrogen and oxygen atoms in total. The van der Waals surface area contributed by atoms with Crippen LogP contribution in [0, 0.1) is 6.92 Å². The second-order valence-electron chi connectivity index (χ2n) is 6.37. The molecule has 0 aliphatic carbocycles. The first kappa shape index (κ1) is 19.6. The van der Waals surface area contributed by atoms with Crippen molar-refractivity contribution in [2.75, 3.05) is 20.2 Å². The van der Waals surface area contributed by atoms with E-state index in [4.69, 9.17) is 13.9 Å². The summed E-state index contributed by atoms with van der Waals surface area (Å²) in [5.74, 6) is 0.507. The van der Waals surface area contributed by atoms with E-state index in [-0.39, 0.29) is 24.9 Å². The van der Waals surface area contributed by atoms with Gasteiger partial charge in [0.2, 0.25) is 0 Å². The van der Waals surface area contributed by atoms with Gasteiger partial charge in [0, 0.05) is 13.1 Å². The highest BCUT2D eigenvalue weighted by Gasteiger charge is 2.20. The molecule has 1 aromatic heterocycles. The zero-order valence-electron chi connectivity index (χ0n) is 15.9. The van der Waals surface area contributed by atoms with Crippen molar-refractivity contribution < 1.29 is 23.5 Å². The molecule has 26 heavy (non-hydrogen) atoms. The van der Waals surface area contributed by atoms with Crippen molar-refractivity contribution in [3.05, 3.63) is 47.2 Å². The lowest BCUT2D eigenvalue weighted by Gasteiger charge is -2.14. The molecule has 0 saturated heterocycles. The smallest absolute Gasteiger partial charge is 0.325 e. The number of benzene rings is 1. The van der Waals surface area contributed by atoms with Crippen LogP contribution in [-0.2, 0) is 9.53 Å². The van der Waals surface area contributed by atoms with Gasteiger partial charge in [0.05, 0.1) is 6.61 Å². The zero-order valence-corrected chi connectivity index (χ0v) is 15.9. The van der Waals surface area contributed by atoms with Crippen molar-refractivity contribution in [1.82, 2.24) is 4.90 Å². The predicted octanol–water partition coefficient (Wildman–Crippen LogP) is 4.14. The number of hydrogen-bond acceptors (Lipinski definition) is 5. The van der Waals surface area contributed by atoms with Gasteiger partial charge in [0.25, 0.3) is 11.9 Å². The van der Waals surface area contributed by atoms with Gasteiger partial charge in [0.15, 0.2) is 5.76 Å². The second kappa shape index (κ2) is 8.56. The Hall–Kier alpha value is -2.76. The molecule has 0 spiro atoms. The highest BCUT2D eigenvalue weighted by atomic mass is 16.6. The lowest BCUT2D eigenvalue weighted by atomic mass is 10.0. The molecule has 0 unspecified atom stereocenters. The zero-order chi connectivity index (χ0) is 19.3. The summed E-state index contributed by atoms with van der Waals surface area (Å²) in [6, 6.07) is 9.14. The number of aryl methyl sites for hydroxylation is 1. The number of furan rings is 1. The number of hydrogen-bond donors (Lipinski definition) is 0. The molecule has 1 heterocycles. The first-order valence-electron chi connectivity index (χ1n) is 8.61. The van der Waals surface area contributed by atoms with Crippen LogP contribution in [0.2, 0.25) is 0 Å². The maximum absolute atomic E-state index is 12.3. The maximum Gasteiger partial charge on any atom is 0.325 e. The van der Waals surface area contributed by atoms with E-state index in [2.05, 4.69) is 19.9 Å². The average Bonchev–Trinajstić information content (AvgIpc) is 3.04. The summed E-state index contributed by atoms with van der Waals surface area (Å²) in [5.41, 5.74) is 2.13. The predicted molar refractivity (Wildman–Crippen MR) is 97.6 cm³/mol. The summed E-state index contributed by atoms with van der Waals surface area (Å²) < 4.78 is 16.1. The monoisotopic (exact) mass is 359 g/mol. The highest BCUT2D eigenvalue weighted by Crippen LogP contribution is 2.30. The van der Waals surface area contributed by atoms with Gasteiger partial charge >= 0.3 is 5.97 Å². The first-order chi connectivity index (χ1) is 12.3. The van der Waals surface area contributed by atoms with Crippen LogP contribution < -0.4 is 4.74 Å². The van der Waals surface area contributed by atoms with Crippen molar-refractivity contribution in [3.8, 4) is 11.7 Å². The number of ether oxygens (including phenoxy) is 2. The Kier molecular flexibility index (Phi) is 6.44. The fraction of sp³-hybridized carbons (Fsp3) is 0.400. The lowest BCUT2D eigenvalue weighted by Crippen LogP contribution is -2.32. The minimum atomic E-state index is -0.465. The van der Waals surface area contributed by atoms with Crippen LogP contribution in [0.15, 0.2) is 34.7 Å². The van der Waals surface area contributed by atoms with Gasteiger partial charge in [-0.1, -0.05) is 26.0 Å². The van der Waals surface area contributed by atoms with Crippen LogP contribution in [0.4, 0.5) is 0 Å². The van der Waals surface area contributed by atoms with Crippen molar-refractivity contribution in [1.29, 1.82) is 0 Å². The van der Waals surface area contributed by atoms with Gasteiger partial charge in [-0.3, -0.25) is 9.59 Å². The van der Waals surface area contributed by atoms with Gasteiger partial charge in [-0.2, -0.15) is 0 Å². The molecule has 0 atom stereocenters. The third-order valence-corrected chi connectivity index (χ3v) is 3.90. The molecule has 1 aromatic carbocycles. The molecule has 6 heteroatoms. The summed E-state index contributed by atoms with van der Waals surface area (Å²) in [6.07, 6.45) is 0. The number of amides is 1. The van der Waals surface area contributed by atoms with Crippen molar-refractivity contribution >= 4 is 11.9 Å². The average molecular weight is 359 g/mol. The Labute approximate surface area is 153 Å². The Morgan fingerprint density at radius 1 is 1.19 bits per heavy atom.